The van der Waals surface area contributed by atoms with Crippen LogP contribution in [0.2, 0.25) is 5.02 Å². The van der Waals surface area contributed by atoms with Gasteiger partial charge < -0.3 is 4.57 Å². The van der Waals surface area contributed by atoms with Gasteiger partial charge in [0.05, 0.1) is 11.4 Å². The Morgan fingerprint density at radius 1 is 1.13 bits per heavy atom. The van der Waals surface area contributed by atoms with E-state index in [9.17, 15) is 0 Å². The van der Waals surface area contributed by atoms with Crippen molar-refractivity contribution in [3.63, 3.8) is 0 Å². The number of hydrogen-bond acceptors (Lipinski definition) is 2. The first kappa shape index (κ1) is 16.2. The summed E-state index contributed by atoms with van der Waals surface area (Å²) >= 11 is 11.0. The summed E-state index contributed by atoms with van der Waals surface area (Å²) in [7, 11) is 0. The summed E-state index contributed by atoms with van der Waals surface area (Å²) in [6.07, 6.45) is 1.88. The standard InChI is InChI=1S/C18H14BrClN2S/c1-2-11-22-17(13-3-7-15(20)8-4-13)12-23-18(22)21-16-9-5-14(19)6-10-16/h2-10,12H,1,11H2. The third-order valence-corrected chi connectivity index (χ3v) is 4.94. The molecule has 23 heavy (non-hydrogen) atoms. The zero-order valence-corrected chi connectivity index (χ0v) is 15.4. The highest BCUT2D eigenvalue weighted by Crippen LogP contribution is 2.23. The minimum atomic E-state index is 0.705. The lowest BCUT2D eigenvalue weighted by atomic mass is 10.2. The van der Waals surface area contributed by atoms with Gasteiger partial charge in [-0.25, -0.2) is 4.99 Å². The minimum Gasteiger partial charge on any atom is -0.313 e. The number of halogens is 2. The average molecular weight is 406 g/mol. The summed E-state index contributed by atoms with van der Waals surface area (Å²) in [6.45, 7) is 4.56. The normalized spacial score (nSPS) is 11.7. The van der Waals surface area contributed by atoms with Gasteiger partial charge in [0, 0.05) is 21.4 Å². The maximum Gasteiger partial charge on any atom is 0.190 e. The minimum absolute atomic E-state index is 0.705. The molecule has 2 aromatic carbocycles. The number of benzene rings is 2. The van der Waals surface area contributed by atoms with Crippen LogP contribution in [0.5, 0.6) is 0 Å². The molecule has 0 fully saturated rings. The van der Waals surface area contributed by atoms with Crippen LogP contribution in [0.1, 0.15) is 0 Å². The van der Waals surface area contributed by atoms with Gasteiger partial charge in [-0.1, -0.05) is 45.7 Å². The van der Waals surface area contributed by atoms with Crippen molar-refractivity contribution >= 4 is 44.6 Å². The van der Waals surface area contributed by atoms with Crippen molar-refractivity contribution in [2.75, 3.05) is 0 Å². The molecule has 0 saturated heterocycles. The Balaban J connectivity index is 2.09. The third-order valence-electron chi connectivity index (χ3n) is 3.30. The second kappa shape index (κ2) is 7.30. The molecule has 0 unspecified atom stereocenters. The second-order valence-electron chi connectivity index (χ2n) is 4.90. The summed E-state index contributed by atoms with van der Waals surface area (Å²) in [4.78, 5) is 5.69. The molecule has 3 aromatic rings. The maximum atomic E-state index is 5.98. The Kier molecular flexibility index (Phi) is 5.16. The van der Waals surface area contributed by atoms with Crippen LogP contribution in [-0.4, -0.2) is 4.57 Å². The van der Waals surface area contributed by atoms with E-state index < -0.39 is 0 Å². The first-order chi connectivity index (χ1) is 11.2. The summed E-state index contributed by atoms with van der Waals surface area (Å²) < 4.78 is 3.20. The van der Waals surface area contributed by atoms with Crippen molar-refractivity contribution in [2.45, 2.75) is 6.54 Å². The van der Waals surface area contributed by atoms with Gasteiger partial charge in [0.1, 0.15) is 0 Å². The van der Waals surface area contributed by atoms with Gasteiger partial charge in [-0.3, -0.25) is 0 Å². The highest BCUT2D eigenvalue weighted by atomic mass is 79.9. The molecule has 0 N–H and O–H groups in total. The Labute approximate surface area is 152 Å². The van der Waals surface area contributed by atoms with Gasteiger partial charge in [-0.15, -0.1) is 17.9 Å². The molecule has 0 amide bonds. The number of rotatable bonds is 4. The molecule has 0 radical (unpaired) electrons. The molecule has 0 aliphatic heterocycles. The van der Waals surface area contributed by atoms with E-state index in [0.717, 1.165) is 31.2 Å². The van der Waals surface area contributed by atoms with Crippen molar-refractivity contribution < 1.29 is 0 Å². The van der Waals surface area contributed by atoms with E-state index >= 15 is 0 Å². The van der Waals surface area contributed by atoms with Crippen molar-refractivity contribution in [2.24, 2.45) is 4.99 Å². The van der Waals surface area contributed by atoms with Crippen LogP contribution >= 0.6 is 38.9 Å². The van der Waals surface area contributed by atoms with E-state index in [0.29, 0.717) is 6.54 Å². The lowest BCUT2D eigenvalue weighted by Crippen LogP contribution is -2.14. The first-order valence-electron chi connectivity index (χ1n) is 7.03. The Bertz CT molecular complexity index is 877. The van der Waals surface area contributed by atoms with Crippen LogP contribution in [0.3, 0.4) is 0 Å². The molecule has 0 atom stereocenters. The molecule has 3 rings (SSSR count). The number of aromatic nitrogens is 1. The van der Waals surface area contributed by atoms with Crippen LogP contribution in [0.4, 0.5) is 5.69 Å². The van der Waals surface area contributed by atoms with Gasteiger partial charge in [-0.05, 0) is 42.0 Å². The van der Waals surface area contributed by atoms with E-state index in [1.165, 1.54) is 0 Å². The SMILES string of the molecule is C=CCn1c(-c2ccc(Cl)cc2)csc1=Nc1ccc(Br)cc1. The van der Waals surface area contributed by atoms with Crippen molar-refractivity contribution in [1.29, 1.82) is 0 Å². The fraction of sp³-hybridized carbons (Fsp3) is 0.0556. The molecule has 5 heteroatoms. The molecule has 0 bridgehead atoms. The van der Waals surface area contributed by atoms with Gasteiger partial charge in [-0.2, -0.15) is 0 Å². The van der Waals surface area contributed by atoms with Crippen molar-refractivity contribution in [3.8, 4) is 11.3 Å². The maximum absolute atomic E-state index is 5.98. The fourth-order valence-electron chi connectivity index (χ4n) is 2.20. The Morgan fingerprint density at radius 2 is 1.83 bits per heavy atom. The van der Waals surface area contributed by atoms with E-state index in [1.54, 1.807) is 11.3 Å². The largest absolute Gasteiger partial charge is 0.313 e. The molecule has 1 heterocycles. The van der Waals surface area contributed by atoms with Gasteiger partial charge in [0.25, 0.3) is 0 Å². The lowest BCUT2D eigenvalue weighted by Gasteiger charge is -2.06. The monoisotopic (exact) mass is 404 g/mol. The van der Waals surface area contributed by atoms with Gasteiger partial charge in [0.2, 0.25) is 0 Å². The summed E-state index contributed by atoms with van der Waals surface area (Å²) in [6, 6.07) is 15.8. The van der Waals surface area contributed by atoms with Crippen LogP contribution in [0.25, 0.3) is 11.3 Å². The molecule has 0 saturated carbocycles. The van der Waals surface area contributed by atoms with Crippen molar-refractivity contribution in [3.05, 3.63) is 80.9 Å². The smallest absolute Gasteiger partial charge is 0.190 e. The summed E-state index contributed by atoms with van der Waals surface area (Å²) in [5, 5.41) is 2.85. The molecule has 1 aromatic heterocycles. The van der Waals surface area contributed by atoms with E-state index in [2.05, 4.69) is 32.5 Å². The number of allylic oxidation sites excluding steroid dienone is 1. The first-order valence-corrected chi connectivity index (χ1v) is 9.08. The van der Waals surface area contributed by atoms with Crippen molar-refractivity contribution in [1.82, 2.24) is 4.57 Å². The topological polar surface area (TPSA) is 17.3 Å². The molecular weight excluding hydrogens is 392 g/mol. The number of nitrogens with zero attached hydrogens (tertiary/aromatic N) is 2. The zero-order valence-electron chi connectivity index (χ0n) is 12.2. The zero-order chi connectivity index (χ0) is 16.2. The van der Waals surface area contributed by atoms with Crippen LogP contribution in [0, 0.1) is 0 Å². The molecule has 2 nitrogen and oxygen atoms in total. The number of thiazole rings is 1. The number of hydrogen-bond donors (Lipinski definition) is 0. The van der Waals surface area contributed by atoms with E-state index in [4.69, 9.17) is 16.6 Å². The Hall–Kier alpha value is -1.62. The highest BCUT2D eigenvalue weighted by molar-refractivity contribution is 9.10. The predicted octanol–water partition coefficient (Wildman–Crippen LogP) is 6.05. The molecule has 116 valence electrons. The Morgan fingerprint density at radius 3 is 2.48 bits per heavy atom. The van der Waals surface area contributed by atoms with Crippen LogP contribution in [0.15, 0.2) is 76.0 Å². The molecule has 0 aliphatic rings. The summed E-state index contributed by atoms with van der Waals surface area (Å²) in [5.41, 5.74) is 3.16. The predicted molar refractivity (Wildman–Crippen MR) is 102 cm³/mol. The van der Waals surface area contributed by atoms with Gasteiger partial charge >= 0.3 is 0 Å². The van der Waals surface area contributed by atoms with Crippen LogP contribution < -0.4 is 4.80 Å². The fourth-order valence-corrected chi connectivity index (χ4v) is 3.53. The second-order valence-corrected chi connectivity index (χ2v) is 7.09. The highest BCUT2D eigenvalue weighted by Gasteiger charge is 2.07. The third kappa shape index (κ3) is 3.83. The molecule has 0 spiro atoms. The quantitative estimate of drug-likeness (QED) is 0.470. The van der Waals surface area contributed by atoms with E-state index in [1.807, 2.05) is 54.6 Å². The summed E-state index contributed by atoms with van der Waals surface area (Å²) in [5.74, 6) is 0. The molecule has 0 aliphatic carbocycles. The van der Waals surface area contributed by atoms with Gasteiger partial charge in [0.15, 0.2) is 4.80 Å². The average Bonchev–Trinajstić information content (AvgIpc) is 2.94. The molecular formula is C18H14BrClN2S. The lowest BCUT2D eigenvalue weighted by molar-refractivity contribution is 0.800. The van der Waals surface area contributed by atoms with E-state index in [-0.39, 0.29) is 0 Å². The van der Waals surface area contributed by atoms with Crippen LogP contribution in [-0.2, 0) is 6.54 Å².